The first-order valence-corrected chi connectivity index (χ1v) is 8.03. The molecule has 2 heterocycles. The SMILES string of the molecule is Cc1ccc(NC(=O)c2ccc3[nH]c(=O)n(C)c3c2)cc1-c1ncco1. The lowest BCUT2D eigenvalue weighted by molar-refractivity contribution is 0.102. The molecule has 2 aromatic carbocycles. The molecule has 0 aliphatic carbocycles. The normalized spacial score (nSPS) is 11.0. The number of carbonyl (C=O) groups excluding carboxylic acids is 1. The molecule has 2 N–H and O–H groups in total. The van der Waals surface area contributed by atoms with Crippen LogP contribution in [0.5, 0.6) is 0 Å². The summed E-state index contributed by atoms with van der Waals surface area (Å²) in [7, 11) is 1.66. The molecule has 7 heteroatoms. The van der Waals surface area contributed by atoms with E-state index in [1.807, 2.05) is 25.1 Å². The number of hydrogen-bond acceptors (Lipinski definition) is 4. The van der Waals surface area contributed by atoms with Crippen LogP contribution in [0, 0.1) is 6.92 Å². The highest BCUT2D eigenvalue weighted by Crippen LogP contribution is 2.25. The Hall–Kier alpha value is -3.61. The number of imidazole rings is 1. The maximum Gasteiger partial charge on any atom is 0.326 e. The quantitative estimate of drug-likeness (QED) is 0.595. The first kappa shape index (κ1) is 15.9. The molecule has 0 atom stereocenters. The molecule has 130 valence electrons. The number of nitrogens with zero attached hydrogens (tertiary/aromatic N) is 2. The van der Waals surface area contributed by atoms with Gasteiger partial charge in [-0.1, -0.05) is 6.07 Å². The van der Waals surface area contributed by atoms with Gasteiger partial charge in [0, 0.05) is 23.9 Å². The van der Waals surface area contributed by atoms with Crippen LogP contribution >= 0.6 is 0 Å². The molecule has 26 heavy (non-hydrogen) atoms. The minimum Gasteiger partial charge on any atom is -0.445 e. The molecule has 0 spiro atoms. The predicted octanol–water partition coefficient (Wildman–Crippen LogP) is 3.08. The van der Waals surface area contributed by atoms with Gasteiger partial charge >= 0.3 is 5.69 Å². The Balaban J connectivity index is 1.65. The van der Waals surface area contributed by atoms with Crippen molar-refractivity contribution in [1.82, 2.24) is 14.5 Å². The number of carbonyl (C=O) groups is 1. The monoisotopic (exact) mass is 348 g/mol. The Labute approximate surface area is 148 Å². The van der Waals surface area contributed by atoms with Gasteiger partial charge in [0.1, 0.15) is 6.26 Å². The van der Waals surface area contributed by atoms with E-state index in [2.05, 4.69) is 15.3 Å². The summed E-state index contributed by atoms with van der Waals surface area (Å²) in [4.78, 5) is 31.2. The molecular weight excluding hydrogens is 332 g/mol. The summed E-state index contributed by atoms with van der Waals surface area (Å²) in [5.74, 6) is 0.241. The lowest BCUT2D eigenvalue weighted by Gasteiger charge is -2.09. The number of rotatable bonds is 3. The third-order valence-corrected chi connectivity index (χ3v) is 4.33. The van der Waals surface area contributed by atoms with Crippen molar-refractivity contribution in [2.24, 2.45) is 7.05 Å². The van der Waals surface area contributed by atoms with Crippen LogP contribution in [-0.2, 0) is 7.05 Å². The van der Waals surface area contributed by atoms with E-state index in [1.54, 1.807) is 31.4 Å². The number of aromatic nitrogens is 3. The zero-order valence-corrected chi connectivity index (χ0v) is 14.2. The number of amides is 1. The third kappa shape index (κ3) is 2.69. The van der Waals surface area contributed by atoms with Crippen molar-refractivity contribution in [3.05, 3.63) is 70.5 Å². The number of anilines is 1. The van der Waals surface area contributed by atoms with E-state index in [4.69, 9.17) is 4.42 Å². The molecule has 0 aliphatic heterocycles. The van der Waals surface area contributed by atoms with Crippen LogP contribution < -0.4 is 11.0 Å². The summed E-state index contributed by atoms with van der Waals surface area (Å²) in [6.07, 6.45) is 3.09. The predicted molar refractivity (Wildman–Crippen MR) is 98.2 cm³/mol. The molecule has 1 amide bonds. The van der Waals surface area contributed by atoms with Crippen molar-refractivity contribution in [2.75, 3.05) is 5.32 Å². The van der Waals surface area contributed by atoms with Gasteiger partial charge in [-0.3, -0.25) is 9.36 Å². The summed E-state index contributed by atoms with van der Waals surface area (Å²) in [6, 6.07) is 10.6. The molecule has 0 unspecified atom stereocenters. The fourth-order valence-corrected chi connectivity index (χ4v) is 2.85. The molecule has 0 radical (unpaired) electrons. The number of aromatic amines is 1. The molecule has 2 aromatic heterocycles. The Bertz CT molecular complexity index is 1170. The van der Waals surface area contributed by atoms with Gasteiger partial charge in [-0.05, 0) is 42.8 Å². The fraction of sp³-hybridized carbons (Fsp3) is 0.105. The average Bonchev–Trinajstić information content (AvgIpc) is 3.25. The van der Waals surface area contributed by atoms with E-state index in [9.17, 15) is 9.59 Å². The first-order chi connectivity index (χ1) is 12.5. The zero-order chi connectivity index (χ0) is 18.3. The van der Waals surface area contributed by atoms with Gasteiger partial charge in [0.25, 0.3) is 5.91 Å². The summed E-state index contributed by atoms with van der Waals surface area (Å²) >= 11 is 0. The van der Waals surface area contributed by atoms with Gasteiger partial charge in [-0.15, -0.1) is 0 Å². The highest BCUT2D eigenvalue weighted by Gasteiger charge is 2.12. The van der Waals surface area contributed by atoms with Gasteiger partial charge < -0.3 is 14.7 Å². The molecular formula is C19H16N4O3. The van der Waals surface area contributed by atoms with Gasteiger partial charge in [0.2, 0.25) is 5.89 Å². The number of oxazole rings is 1. The van der Waals surface area contributed by atoms with Gasteiger partial charge in [-0.2, -0.15) is 0 Å². The fourth-order valence-electron chi connectivity index (χ4n) is 2.85. The van der Waals surface area contributed by atoms with E-state index in [-0.39, 0.29) is 11.6 Å². The molecule has 0 saturated heterocycles. The van der Waals surface area contributed by atoms with Crippen molar-refractivity contribution in [3.63, 3.8) is 0 Å². The molecule has 0 aliphatic rings. The second-order valence-electron chi connectivity index (χ2n) is 6.04. The van der Waals surface area contributed by atoms with Crippen LogP contribution in [0.3, 0.4) is 0 Å². The number of aryl methyl sites for hydroxylation is 2. The molecule has 7 nitrogen and oxygen atoms in total. The van der Waals surface area contributed by atoms with Crippen molar-refractivity contribution >= 4 is 22.6 Å². The first-order valence-electron chi connectivity index (χ1n) is 8.03. The summed E-state index contributed by atoms with van der Waals surface area (Å²) in [6.45, 7) is 1.95. The Morgan fingerprint density at radius 3 is 2.85 bits per heavy atom. The third-order valence-electron chi connectivity index (χ3n) is 4.33. The van der Waals surface area contributed by atoms with Gasteiger partial charge in [0.15, 0.2) is 0 Å². The lowest BCUT2D eigenvalue weighted by Crippen LogP contribution is -2.13. The Kier molecular flexibility index (Phi) is 3.69. The zero-order valence-electron chi connectivity index (χ0n) is 14.2. The van der Waals surface area contributed by atoms with Gasteiger partial charge in [-0.25, -0.2) is 9.78 Å². The minimum absolute atomic E-state index is 0.216. The lowest BCUT2D eigenvalue weighted by atomic mass is 10.1. The molecule has 0 fully saturated rings. The number of fused-ring (bicyclic) bond motifs is 1. The summed E-state index contributed by atoms with van der Waals surface area (Å²) in [5, 5.41) is 2.87. The standard InChI is InChI=1S/C19H16N4O3/c1-11-3-5-13(10-14(11)18-20-7-8-26-18)21-17(24)12-4-6-15-16(9-12)23(2)19(25)22-15/h3-10H,1-2H3,(H,21,24)(H,22,25). The van der Waals surface area contributed by atoms with Crippen LogP contribution in [0.15, 0.2) is 58.1 Å². The summed E-state index contributed by atoms with van der Waals surface area (Å²) < 4.78 is 6.82. The largest absolute Gasteiger partial charge is 0.445 e. The highest BCUT2D eigenvalue weighted by atomic mass is 16.3. The molecule has 4 aromatic rings. The van der Waals surface area contributed by atoms with Crippen LogP contribution in [0.4, 0.5) is 5.69 Å². The van der Waals surface area contributed by atoms with Crippen molar-refractivity contribution in [2.45, 2.75) is 6.92 Å². The molecule has 4 rings (SSSR count). The maximum absolute atomic E-state index is 12.6. The van der Waals surface area contributed by atoms with E-state index in [0.717, 1.165) is 11.1 Å². The molecule has 0 saturated carbocycles. The van der Waals surface area contributed by atoms with Crippen LogP contribution in [0.1, 0.15) is 15.9 Å². The van der Waals surface area contributed by atoms with E-state index in [1.165, 1.54) is 10.8 Å². The van der Waals surface area contributed by atoms with Crippen molar-refractivity contribution in [1.29, 1.82) is 0 Å². The highest BCUT2D eigenvalue weighted by molar-refractivity contribution is 6.06. The van der Waals surface area contributed by atoms with Crippen molar-refractivity contribution < 1.29 is 9.21 Å². The number of H-pyrrole nitrogens is 1. The van der Waals surface area contributed by atoms with E-state index < -0.39 is 0 Å². The second-order valence-corrected chi connectivity index (χ2v) is 6.04. The second kappa shape index (κ2) is 6.03. The topological polar surface area (TPSA) is 92.9 Å². The number of hydrogen-bond donors (Lipinski definition) is 2. The minimum atomic E-state index is -0.261. The van der Waals surface area contributed by atoms with Crippen LogP contribution in [0.2, 0.25) is 0 Å². The number of benzene rings is 2. The Morgan fingerprint density at radius 1 is 1.23 bits per heavy atom. The van der Waals surface area contributed by atoms with Crippen LogP contribution in [0.25, 0.3) is 22.5 Å². The smallest absolute Gasteiger partial charge is 0.326 e. The molecule has 0 bridgehead atoms. The van der Waals surface area contributed by atoms with E-state index in [0.29, 0.717) is 28.2 Å². The van der Waals surface area contributed by atoms with E-state index >= 15 is 0 Å². The Morgan fingerprint density at radius 2 is 2.08 bits per heavy atom. The maximum atomic E-state index is 12.6. The van der Waals surface area contributed by atoms with Crippen LogP contribution in [-0.4, -0.2) is 20.4 Å². The summed E-state index contributed by atoms with van der Waals surface area (Å²) in [5.41, 5.74) is 4.06. The average molecular weight is 348 g/mol. The van der Waals surface area contributed by atoms with Crippen molar-refractivity contribution in [3.8, 4) is 11.5 Å². The van der Waals surface area contributed by atoms with Gasteiger partial charge in [0.05, 0.1) is 17.2 Å². The number of nitrogens with one attached hydrogen (secondary N) is 2.